The number of rotatable bonds is 7. The van der Waals surface area contributed by atoms with Crippen LogP contribution in [0.5, 0.6) is 5.75 Å². The maximum Gasteiger partial charge on any atom is 0.262 e. The van der Waals surface area contributed by atoms with Crippen molar-refractivity contribution in [2.24, 2.45) is 0 Å². The largest absolute Gasteiger partial charge is 0.494 e. The molecule has 1 saturated heterocycles. The fraction of sp³-hybridized carbons (Fsp3) is 0.280. The number of fused-ring (bicyclic) bond motifs is 1. The van der Waals surface area contributed by atoms with Gasteiger partial charge in [0.05, 0.1) is 17.7 Å². The Labute approximate surface area is 191 Å². The fourth-order valence-corrected chi connectivity index (χ4v) is 4.08. The van der Waals surface area contributed by atoms with Crippen LogP contribution in [0.15, 0.2) is 49.0 Å². The van der Waals surface area contributed by atoms with E-state index in [1.54, 1.807) is 18.2 Å². The lowest BCUT2D eigenvalue weighted by atomic mass is 9.89. The molecule has 33 heavy (non-hydrogen) atoms. The van der Waals surface area contributed by atoms with Crippen molar-refractivity contribution in [1.29, 1.82) is 0 Å². The molecule has 1 atom stereocenters. The van der Waals surface area contributed by atoms with Gasteiger partial charge in [-0.25, -0.2) is 0 Å². The smallest absolute Gasteiger partial charge is 0.262 e. The van der Waals surface area contributed by atoms with Gasteiger partial charge in [0.15, 0.2) is 0 Å². The van der Waals surface area contributed by atoms with E-state index >= 15 is 0 Å². The number of hydrogen-bond donors (Lipinski definition) is 2. The summed E-state index contributed by atoms with van der Waals surface area (Å²) >= 11 is 0. The first-order valence-corrected chi connectivity index (χ1v) is 10.8. The van der Waals surface area contributed by atoms with Crippen LogP contribution in [0, 0.1) is 0 Å². The first kappa shape index (κ1) is 22.3. The molecule has 2 aromatic rings. The van der Waals surface area contributed by atoms with Crippen molar-refractivity contribution in [3.05, 3.63) is 71.3 Å². The van der Waals surface area contributed by atoms with Gasteiger partial charge in [-0.1, -0.05) is 12.6 Å². The zero-order valence-corrected chi connectivity index (χ0v) is 18.6. The maximum atomic E-state index is 13.1. The monoisotopic (exact) mass is 447 g/mol. The molecule has 4 rings (SSSR count). The topological polar surface area (TPSA) is 105 Å². The normalized spacial score (nSPS) is 19.9. The zero-order valence-electron chi connectivity index (χ0n) is 18.6. The number of hydrogen-bond acceptors (Lipinski definition) is 6. The van der Waals surface area contributed by atoms with Crippen molar-refractivity contribution in [3.63, 3.8) is 0 Å². The molecule has 0 aromatic heterocycles. The summed E-state index contributed by atoms with van der Waals surface area (Å²) in [7, 11) is 0. The summed E-state index contributed by atoms with van der Waals surface area (Å²) in [5.74, 6) is -1.32. The van der Waals surface area contributed by atoms with Crippen molar-refractivity contribution in [2.75, 3.05) is 6.61 Å². The number of imide groups is 2. The van der Waals surface area contributed by atoms with Crippen LogP contribution >= 0.6 is 0 Å². The standard InChI is InChI=1S/C25H25N3O5/c1-4-33-18-8-6-17(7-9-18)15(2)26-14-16-5-10-19-20(13-16)23(31)28(22(19)30)25(3)12-11-21(29)27-24(25)32/h5-10,13,26H,2,4,11-12,14H2,1,3H3,(H,27,29,32)/t25-/m0/s1. The molecule has 0 saturated carbocycles. The second-order valence-corrected chi connectivity index (χ2v) is 8.27. The van der Waals surface area contributed by atoms with Gasteiger partial charge in [-0.2, -0.15) is 0 Å². The summed E-state index contributed by atoms with van der Waals surface area (Å²) in [6.07, 6.45) is 0.165. The van der Waals surface area contributed by atoms with E-state index in [1.165, 1.54) is 6.92 Å². The van der Waals surface area contributed by atoms with Crippen molar-refractivity contribution < 1.29 is 23.9 Å². The molecule has 0 bridgehead atoms. The zero-order chi connectivity index (χ0) is 23.8. The summed E-state index contributed by atoms with van der Waals surface area (Å²) < 4.78 is 5.45. The van der Waals surface area contributed by atoms with E-state index in [-0.39, 0.29) is 24.0 Å². The number of carbonyl (C=O) groups excluding carboxylic acids is 4. The lowest BCUT2D eigenvalue weighted by molar-refractivity contribution is -0.140. The Hall–Kier alpha value is -3.94. The number of carbonyl (C=O) groups is 4. The molecular weight excluding hydrogens is 422 g/mol. The molecule has 2 N–H and O–H groups in total. The lowest BCUT2D eigenvalue weighted by Crippen LogP contribution is -2.62. The van der Waals surface area contributed by atoms with Crippen LogP contribution in [0.2, 0.25) is 0 Å². The van der Waals surface area contributed by atoms with E-state index in [4.69, 9.17) is 4.74 Å². The summed E-state index contributed by atoms with van der Waals surface area (Å²) in [4.78, 5) is 51.1. The highest BCUT2D eigenvalue weighted by atomic mass is 16.5. The quantitative estimate of drug-likeness (QED) is 0.633. The van der Waals surface area contributed by atoms with Crippen LogP contribution in [0.4, 0.5) is 0 Å². The molecule has 8 heteroatoms. The molecular formula is C25H25N3O5. The molecule has 0 unspecified atom stereocenters. The van der Waals surface area contributed by atoms with Crippen LogP contribution in [-0.4, -0.2) is 40.7 Å². The fourth-order valence-electron chi connectivity index (χ4n) is 4.08. The van der Waals surface area contributed by atoms with E-state index in [9.17, 15) is 19.2 Å². The Morgan fingerprint density at radius 1 is 1.09 bits per heavy atom. The maximum absolute atomic E-state index is 13.1. The minimum absolute atomic E-state index is 0.0679. The third-order valence-corrected chi connectivity index (χ3v) is 6.05. The first-order valence-electron chi connectivity index (χ1n) is 10.8. The van der Waals surface area contributed by atoms with Crippen LogP contribution in [-0.2, 0) is 16.1 Å². The van der Waals surface area contributed by atoms with E-state index in [0.29, 0.717) is 18.8 Å². The van der Waals surface area contributed by atoms with E-state index in [0.717, 1.165) is 21.8 Å². The van der Waals surface area contributed by atoms with E-state index in [1.807, 2.05) is 31.2 Å². The lowest BCUT2D eigenvalue weighted by Gasteiger charge is -2.38. The van der Waals surface area contributed by atoms with Gasteiger partial charge in [0.1, 0.15) is 11.3 Å². The number of nitrogens with zero attached hydrogens (tertiary/aromatic N) is 1. The highest BCUT2D eigenvalue weighted by Crippen LogP contribution is 2.34. The van der Waals surface area contributed by atoms with E-state index < -0.39 is 29.2 Å². The van der Waals surface area contributed by atoms with Gasteiger partial charge < -0.3 is 10.1 Å². The average molecular weight is 447 g/mol. The third-order valence-electron chi connectivity index (χ3n) is 6.05. The Bertz CT molecular complexity index is 1170. The Morgan fingerprint density at radius 2 is 1.79 bits per heavy atom. The Kier molecular flexibility index (Phi) is 5.76. The predicted octanol–water partition coefficient (Wildman–Crippen LogP) is 2.64. The molecule has 2 aliphatic rings. The molecule has 2 aliphatic heterocycles. The van der Waals surface area contributed by atoms with Crippen molar-refractivity contribution in [3.8, 4) is 5.75 Å². The molecule has 4 amide bonds. The van der Waals surface area contributed by atoms with Crippen molar-refractivity contribution >= 4 is 29.3 Å². The van der Waals surface area contributed by atoms with Gasteiger partial charge in [-0.15, -0.1) is 0 Å². The highest BCUT2D eigenvalue weighted by Gasteiger charge is 2.52. The number of amides is 4. The molecule has 8 nitrogen and oxygen atoms in total. The molecule has 2 heterocycles. The summed E-state index contributed by atoms with van der Waals surface area (Å²) in [5.41, 5.74) is 1.50. The van der Waals surface area contributed by atoms with Gasteiger partial charge >= 0.3 is 0 Å². The number of nitrogens with one attached hydrogen (secondary N) is 2. The number of benzene rings is 2. The number of ether oxygens (including phenoxy) is 1. The van der Waals surface area contributed by atoms with Crippen LogP contribution in [0.25, 0.3) is 5.70 Å². The van der Waals surface area contributed by atoms with E-state index in [2.05, 4.69) is 17.2 Å². The molecule has 2 aromatic carbocycles. The van der Waals surface area contributed by atoms with Crippen LogP contribution in [0.1, 0.15) is 58.5 Å². The van der Waals surface area contributed by atoms with Crippen molar-refractivity contribution in [1.82, 2.24) is 15.5 Å². The van der Waals surface area contributed by atoms with Crippen molar-refractivity contribution in [2.45, 2.75) is 38.8 Å². The molecule has 0 aliphatic carbocycles. The third kappa shape index (κ3) is 4.00. The summed E-state index contributed by atoms with van der Waals surface area (Å²) in [6, 6.07) is 12.6. The predicted molar refractivity (Wildman–Crippen MR) is 121 cm³/mol. The number of piperidine rings is 1. The van der Waals surface area contributed by atoms with Gasteiger partial charge in [0.2, 0.25) is 5.91 Å². The van der Waals surface area contributed by atoms with Gasteiger partial charge in [-0.3, -0.25) is 29.4 Å². The summed E-state index contributed by atoms with van der Waals surface area (Å²) in [5, 5.41) is 5.46. The van der Waals surface area contributed by atoms with Crippen LogP contribution in [0.3, 0.4) is 0 Å². The highest BCUT2D eigenvalue weighted by molar-refractivity contribution is 6.24. The SMILES string of the molecule is C=C(NCc1ccc2c(c1)C(=O)N([C@@]1(C)CCC(=O)NC1=O)C2=O)c1ccc(OCC)cc1. The minimum atomic E-state index is -1.40. The summed E-state index contributed by atoms with van der Waals surface area (Å²) in [6.45, 7) is 8.49. The average Bonchev–Trinajstić information content (AvgIpc) is 3.05. The molecule has 170 valence electrons. The Balaban J connectivity index is 1.48. The Morgan fingerprint density at radius 3 is 2.45 bits per heavy atom. The second kappa shape index (κ2) is 8.54. The first-order chi connectivity index (χ1) is 15.7. The van der Waals surface area contributed by atoms with Crippen LogP contribution < -0.4 is 15.4 Å². The molecule has 0 radical (unpaired) electrons. The molecule has 1 fully saturated rings. The van der Waals surface area contributed by atoms with Gasteiger partial charge in [-0.05, 0) is 67.8 Å². The molecule has 0 spiro atoms. The second-order valence-electron chi connectivity index (χ2n) is 8.27. The van der Waals surface area contributed by atoms with Gasteiger partial charge in [0.25, 0.3) is 17.7 Å². The van der Waals surface area contributed by atoms with Gasteiger partial charge in [0, 0.05) is 18.7 Å². The minimum Gasteiger partial charge on any atom is -0.494 e.